The average Bonchev–Trinajstić information content (AvgIpc) is 2.94. The summed E-state index contributed by atoms with van der Waals surface area (Å²) in [5.74, 6) is 0. The van der Waals surface area contributed by atoms with E-state index in [1.54, 1.807) is 11.3 Å². The predicted octanol–water partition coefficient (Wildman–Crippen LogP) is 5.18. The summed E-state index contributed by atoms with van der Waals surface area (Å²) in [6.45, 7) is 0. The fraction of sp³-hybridized carbons (Fsp3) is 0.111. The van der Waals surface area contributed by atoms with Crippen molar-refractivity contribution in [3.8, 4) is 0 Å². The molecule has 0 saturated carbocycles. The van der Waals surface area contributed by atoms with E-state index in [4.69, 9.17) is 0 Å². The summed E-state index contributed by atoms with van der Waals surface area (Å²) in [6, 6.07) is 20.6. The van der Waals surface area contributed by atoms with Crippen LogP contribution in [-0.4, -0.2) is 5.11 Å². The van der Waals surface area contributed by atoms with Gasteiger partial charge in [-0.15, -0.1) is 11.3 Å². The van der Waals surface area contributed by atoms with Gasteiger partial charge in [-0.3, -0.25) is 0 Å². The first-order valence-electron chi connectivity index (χ1n) is 6.78. The molecule has 1 aromatic heterocycles. The first-order chi connectivity index (χ1) is 10.2. The third-order valence-corrected chi connectivity index (χ3v) is 5.36. The highest BCUT2D eigenvalue weighted by atomic mass is 79.9. The van der Waals surface area contributed by atoms with Gasteiger partial charge in [0.25, 0.3) is 0 Å². The molecule has 21 heavy (non-hydrogen) atoms. The molecule has 1 nitrogen and oxygen atoms in total. The van der Waals surface area contributed by atoms with Crippen LogP contribution in [0.1, 0.15) is 27.7 Å². The molecular weight excluding hydrogens is 344 g/mol. The average molecular weight is 359 g/mol. The SMILES string of the molecule is OC(c1ccc(Cc2ccccc2)cc1)c1sccc1Br. The molecule has 0 aliphatic rings. The highest BCUT2D eigenvalue weighted by Gasteiger charge is 2.14. The first-order valence-corrected chi connectivity index (χ1v) is 8.45. The van der Waals surface area contributed by atoms with E-state index >= 15 is 0 Å². The second kappa shape index (κ2) is 6.56. The van der Waals surface area contributed by atoms with Gasteiger partial charge in [0.05, 0.1) is 4.88 Å². The van der Waals surface area contributed by atoms with Gasteiger partial charge in [0.1, 0.15) is 6.10 Å². The van der Waals surface area contributed by atoms with Crippen LogP contribution in [0.15, 0.2) is 70.5 Å². The molecule has 0 amide bonds. The van der Waals surface area contributed by atoms with Gasteiger partial charge < -0.3 is 5.11 Å². The van der Waals surface area contributed by atoms with Crippen LogP contribution >= 0.6 is 27.3 Å². The highest BCUT2D eigenvalue weighted by Crippen LogP contribution is 2.33. The number of hydrogen-bond acceptors (Lipinski definition) is 2. The van der Waals surface area contributed by atoms with Crippen molar-refractivity contribution in [2.24, 2.45) is 0 Å². The van der Waals surface area contributed by atoms with Gasteiger partial charge in [-0.2, -0.15) is 0 Å². The first kappa shape index (κ1) is 14.5. The number of aliphatic hydroxyl groups is 1. The van der Waals surface area contributed by atoms with Gasteiger partial charge in [0.2, 0.25) is 0 Å². The number of thiophene rings is 1. The Morgan fingerprint density at radius 1 is 0.905 bits per heavy atom. The van der Waals surface area contributed by atoms with Crippen molar-refractivity contribution in [1.82, 2.24) is 0 Å². The van der Waals surface area contributed by atoms with Gasteiger partial charge in [-0.1, -0.05) is 54.6 Å². The summed E-state index contributed by atoms with van der Waals surface area (Å²) in [5, 5.41) is 12.4. The zero-order valence-corrected chi connectivity index (χ0v) is 13.8. The molecule has 0 fully saturated rings. The van der Waals surface area contributed by atoms with Crippen LogP contribution in [0.3, 0.4) is 0 Å². The van der Waals surface area contributed by atoms with Crippen molar-refractivity contribution < 1.29 is 5.11 Å². The Morgan fingerprint density at radius 2 is 1.57 bits per heavy atom. The molecule has 1 heterocycles. The van der Waals surface area contributed by atoms with Crippen molar-refractivity contribution >= 4 is 27.3 Å². The second-order valence-corrected chi connectivity index (χ2v) is 6.74. The lowest BCUT2D eigenvalue weighted by molar-refractivity contribution is 0.223. The van der Waals surface area contributed by atoms with Crippen LogP contribution in [-0.2, 0) is 6.42 Å². The molecule has 3 heteroatoms. The normalized spacial score (nSPS) is 12.3. The van der Waals surface area contributed by atoms with Crippen molar-refractivity contribution in [2.75, 3.05) is 0 Å². The lowest BCUT2D eigenvalue weighted by Crippen LogP contribution is -1.98. The molecule has 106 valence electrons. The quantitative estimate of drug-likeness (QED) is 0.680. The molecule has 0 spiro atoms. The molecule has 1 N–H and O–H groups in total. The van der Waals surface area contributed by atoms with Gasteiger partial charge in [-0.05, 0) is 50.5 Å². The van der Waals surface area contributed by atoms with Crippen LogP contribution < -0.4 is 0 Å². The zero-order valence-electron chi connectivity index (χ0n) is 11.4. The maximum atomic E-state index is 10.4. The third kappa shape index (κ3) is 3.43. The van der Waals surface area contributed by atoms with E-state index < -0.39 is 6.10 Å². The molecule has 0 aliphatic heterocycles. The zero-order chi connectivity index (χ0) is 14.7. The number of halogens is 1. The smallest absolute Gasteiger partial charge is 0.114 e. The molecule has 3 rings (SSSR count). The second-order valence-electron chi connectivity index (χ2n) is 4.94. The van der Waals surface area contributed by atoms with E-state index in [-0.39, 0.29) is 0 Å². The van der Waals surface area contributed by atoms with Crippen molar-refractivity contribution in [1.29, 1.82) is 0 Å². The summed E-state index contributed by atoms with van der Waals surface area (Å²) in [6.07, 6.45) is 0.352. The monoisotopic (exact) mass is 358 g/mol. The van der Waals surface area contributed by atoms with E-state index in [0.717, 1.165) is 21.3 Å². The topological polar surface area (TPSA) is 20.2 Å². The lowest BCUT2D eigenvalue weighted by Gasteiger charge is -2.11. The molecule has 0 aliphatic carbocycles. The van der Waals surface area contributed by atoms with E-state index in [2.05, 4.69) is 52.3 Å². The minimum atomic E-state index is -0.565. The fourth-order valence-corrected chi connectivity index (χ4v) is 3.90. The molecule has 0 saturated heterocycles. The van der Waals surface area contributed by atoms with Crippen LogP contribution in [0, 0.1) is 0 Å². The largest absolute Gasteiger partial charge is 0.383 e. The molecule has 2 aromatic carbocycles. The van der Waals surface area contributed by atoms with Gasteiger partial charge in [0, 0.05) is 4.47 Å². The highest BCUT2D eigenvalue weighted by molar-refractivity contribution is 9.10. The third-order valence-electron chi connectivity index (χ3n) is 3.44. The van der Waals surface area contributed by atoms with Crippen molar-refractivity contribution in [3.63, 3.8) is 0 Å². The van der Waals surface area contributed by atoms with Gasteiger partial charge >= 0.3 is 0 Å². The number of hydrogen-bond donors (Lipinski definition) is 1. The predicted molar refractivity (Wildman–Crippen MR) is 91.8 cm³/mol. The van der Waals surface area contributed by atoms with Crippen LogP contribution in [0.2, 0.25) is 0 Å². The summed E-state index contributed by atoms with van der Waals surface area (Å²) in [4.78, 5) is 0.950. The molecular formula is C18H15BrOS. The van der Waals surface area contributed by atoms with Gasteiger partial charge in [0.15, 0.2) is 0 Å². The Hall–Kier alpha value is -1.42. The Bertz CT molecular complexity index is 704. The van der Waals surface area contributed by atoms with E-state index in [1.165, 1.54) is 11.1 Å². The maximum Gasteiger partial charge on any atom is 0.114 e. The van der Waals surface area contributed by atoms with Crippen LogP contribution in [0.5, 0.6) is 0 Å². The minimum Gasteiger partial charge on any atom is -0.383 e. The molecule has 0 bridgehead atoms. The van der Waals surface area contributed by atoms with E-state index in [1.807, 2.05) is 29.6 Å². The molecule has 1 unspecified atom stereocenters. The summed E-state index contributed by atoms with van der Waals surface area (Å²) in [7, 11) is 0. The Morgan fingerprint density at radius 3 is 2.19 bits per heavy atom. The summed E-state index contributed by atoms with van der Waals surface area (Å²) >= 11 is 5.04. The maximum absolute atomic E-state index is 10.4. The van der Waals surface area contributed by atoms with Crippen LogP contribution in [0.25, 0.3) is 0 Å². The van der Waals surface area contributed by atoms with Crippen molar-refractivity contribution in [3.05, 3.63) is 92.1 Å². The Labute approximate surface area is 137 Å². The number of rotatable bonds is 4. The molecule has 1 atom stereocenters. The Balaban J connectivity index is 1.77. The summed E-state index contributed by atoms with van der Waals surface area (Å²) in [5.41, 5.74) is 3.48. The van der Waals surface area contributed by atoms with E-state index in [9.17, 15) is 5.11 Å². The standard InChI is InChI=1S/C18H15BrOS/c19-16-10-11-21-18(16)17(20)15-8-6-14(7-9-15)12-13-4-2-1-3-5-13/h1-11,17,20H,12H2. The molecule has 0 radical (unpaired) electrons. The summed E-state index contributed by atoms with van der Waals surface area (Å²) < 4.78 is 0.966. The lowest BCUT2D eigenvalue weighted by atomic mass is 10.0. The number of aliphatic hydroxyl groups excluding tert-OH is 1. The fourth-order valence-electron chi connectivity index (χ4n) is 2.30. The number of benzene rings is 2. The van der Waals surface area contributed by atoms with Gasteiger partial charge in [-0.25, -0.2) is 0 Å². The molecule has 3 aromatic rings. The Kier molecular flexibility index (Phi) is 4.54. The van der Waals surface area contributed by atoms with Crippen molar-refractivity contribution in [2.45, 2.75) is 12.5 Å². The van der Waals surface area contributed by atoms with Crippen LogP contribution in [0.4, 0.5) is 0 Å². The minimum absolute atomic E-state index is 0.565. The van der Waals surface area contributed by atoms with E-state index in [0.29, 0.717) is 0 Å².